The van der Waals surface area contributed by atoms with E-state index in [-0.39, 0.29) is 29.4 Å². The average Bonchev–Trinajstić information content (AvgIpc) is 3.00. The number of nitrogens with zero attached hydrogens (tertiary/aromatic N) is 1. The zero-order valence-electron chi connectivity index (χ0n) is 15.2. The van der Waals surface area contributed by atoms with E-state index in [0.29, 0.717) is 19.1 Å². The lowest BCUT2D eigenvalue weighted by atomic mass is 10.1. The van der Waals surface area contributed by atoms with Gasteiger partial charge in [-0.05, 0) is 37.5 Å². The first-order valence-corrected chi connectivity index (χ1v) is 10.4. The second-order valence-corrected chi connectivity index (χ2v) is 8.74. The number of fused-ring (bicyclic) bond motifs is 1. The van der Waals surface area contributed by atoms with E-state index in [1.165, 1.54) is 7.11 Å². The number of esters is 1. The first-order valence-electron chi connectivity index (χ1n) is 8.91. The molecule has 3 atom stereocenters. The van der Waals surface area contributed by atoms with Crippen molar-refractivity contribution in [3.8, 4) is 0 Å². The molecule has 3 rings (SSSR count). The summed E-state index contributed by atoms with van der Waals surface area (Å²) >= 11 is 0. The maximum Gasteiger partial charge on any atom is 0.305 e. The number of methoxy groups -OCH3 is 1. The second-order valence-electron chi connectivity index (χ2n) is 7.03. The maximum absolute atomic E-state index is 12.6. The fourth-order valence-electron chi connectivity index (χ4n) is 3.60. The van der Waals surface area contributed by atoms with E-state index in [9.17, 15) is 13.2 Å². The maximum atomic E-state index is 12.6. The Bertz CT molecular complexity index is 734. The van der Waals surface area contributed by atoms with Crippen LogP contribution in [-0.4, -0.2) is 64.3 Å². The summed E-state index contributed by atoms with van der Waals surface area (Å²) in [6.07, 6.45) is 1.76. The van der Waals surface area contributed by atoms with Crippen molar-refractivity contribution in [1.82, 2.24) is 9.62 Å². The smallest absolute Gasteiger partial charge is 0.305 e. The Morgan fingerprint density at radius 1 is 1.31 bits per heavy atom. The molecule has 2 aliphatic rings. The lowest BCUT2D eigenvalue weighted by Gasteiger charge is -2.33. The highest BCUT2D eigenvalue weighted by Crippen LogP contribution is 2.24. The standard InChI is InChI=1S/C18H26N2O5S/c1-13-10-20-11-15(9-16(20)12-25-13)19-26(22,23)17-6-3-14(4-7-17)5-8-18(21)24-2/h3-4,6-7,13,15-16,19H,5,8-12H2,1-2H3/t13-,15+,16-/m0/s1. The number of morpholine rings is 1. The SMILES string of the molecule is COC(=O)CCc1ccc(S(=O)(=O)N[C@@H]2C[C@H]3CO[C@@H](C)CN3C2)cc1. The molecule has 0 bridgehead atoms. The normalized spacial score (nSPS) is 26.5. The number of hydrogen-bond donors (Lipinski definition) is 1. The third-order valence-corrected chi connectivity index (χ3v) is 6.53. The molecule has 1 N–H and O–H groups in total. The molecule has 1 aromatic carbocycles. The molecule has 0 radical (unpaired) electrons. The van der Waals surface area contributed by atoms with Crippen molar-refractivity contribution in [2.24, 2.45) is 0 Å². The van der Waals surface area contributed by atoms with Gasteiger partial charge in [0.2, 0.25) is 10.0 Å². The van der Waals surface area contributed by atoms with Crippen LogP contribution in [0.2, 0.25) is 0 Å². The molecule has 2 saturated heterocycles. The zero-order chi connectivity index (χ0) is 18.7. The van der Waals surface area contributed by atoms with E-state index in [4.69, 9.17) is 4.74 Å². The lowest BCUT2D eigenvalue weighted by Crippen LogP contribution is -2.45. The highest BCUT2D eigenvalue weighted by molar-refractivity contribution is 7.89. The number of carbonyl (C=O) groups excluding carboxylic acids is 1. The Labute approximate surface area is 154 Å². The predicted molar refractivity (Wildman–Crippen MR) is 96.3 cm³/mol. The van der Waals surface area contributed by atoms with Crippen LogP contribution < -0.4 is 4.72 Å². The largest absolute Gasteiger partial charge is 0.469 e. The van der Waals surface area contributed by atoms with Gasteiger partial charge in [0.05, 0.1) is 24.7 Å². The Morgan fingerprint density at radius 3 is 2.73 bits per heavy atom. The summed E-state index contributed by atoms with van der Waals surface area (Å²) in [7, 11) is -2.21. The molecule has 0 saturated carbocycles. The van der Waals surface area contributed by atoms with Crippen molar-refractivity contribution < 1.29 is 22.7 Å². The molecule has 0 aliphatic carbocycles. The Morgan fingerprint density at radius 2 is 2.04 bits per heavy atom. The fourth-order valence-corrected chi connectivity index (χ4v) is 4.84. The highest BCUT2D eigenvalue weighted by atomic mass is 32.2. The molecule has 0 spiro atoms. The summed E-state index contributed by atoms with van der Waals surface area (Å²) in [5, 5.41) is 0. The minimum absolute atomic E-state index is 0.0992. The van der Waals surface area contributed by atoms with Crippen molar-refractivity contribution in [2.75, 3.05) is 26.8 Å². The van der Waals surface area contributed by atoms with E-state index in [0.717, 1.165) is 25.1 Å². The van der Waals surface area contributed by atoms with Gasteiger partial charge in [-0.15, -0.1) is 0 Å². The number of ether oxygens (including phenoxy) is 2. The first kappa shape index (κ1) is 19.3. The van der Waals surface area contributed by atoms with Crippen LogP contribution in [0.4, 0.5) is 0 Å². The number of aryl methyl sites for hydroxylation is 1. The lowest BCUT2D eigenvalue weighted by molar-refractivity contribution is -0.140. The first-order chi connectivity index (χ1) is 12.4. The summed E-state index contributed by atoms with van der Waals surface area (Å²) in [5.41, 5.74) is 0.901. The van der Waals surface area contributed by atoms with Gasteiger partial charge in [0.1, 0.15) is 0 Å². The van der Waals surface area contributed by atoms with Crippen molar-refractivity contribution >= 4 is 16.0 Å². The molecule has 7 nitrogen and oxygen atoms in total. The van der Waals surface area contributed by atoms with E-state index in [1.54, 1.807) is 24.3 Å². The fraction of sp³-hybridized carbons (Fsp3) is 0.611. The van der Waals surface area contributed by atoms with E-state index in [1.807, 2.05) is 6.92 Å². The summed E-state index contributed by atoms with van der Waals surface area (Å²) in [6.45, 7) is 4.26. The summed E-state index contributed by atoms with van der Waals surface area (Å²) in [4.78, 5) is 13.7. The predicted octanol–water partition coefficient (Wildman–Crippen LogP) is 0.932. The third-order valence-electron chi connectivity index (χ3n) is 4.99. The molecule has 2 heterocycles. The molecular weight excluding hydrogens is 356 g/mol. The van der Waals surface area contributed by atoms with Crippen molar-refractivity contribution in [2.45, 2.75) is 49.3 Å². The number of sulfonamides is 1. The van der Waals surface area contributed by atoms with Gasteiger partial charge in [0.15, 0.2) is 0 Å². The van der Waals surface area contributed by atoms with Gasteiger partial charge in [0, 0.05) is 31.6 Å². The molecular formula is C18H26N2O5S. The van der Waals surface area contributed by atoms with Crippen molar-refractivity contribution in [3.63, 3.8) is 0 Å². The van der Waals surface area contributed by atoms with Crippen LogP contribution >= 0.6 is 0 Å². The van der Waals surface area contributed by atoms with Crippen LogP contribution in [-0.2, 0) is 30.7 Å². The number of nitrogens with one attached hydrogen (secondary N) is 1. The number of rotatable bonds is 6. The molecule has 0 aromatic heterocycles. The Balaban J connectivity index is 1.59. The monoisotopic (exact) mass is 382 g/mol. The molecule has 0 unspecified atom stereocenters. The summed E-state index contributed by atoms with van der Waals surface area (Å²) < 4.78 is 38.4. The number of hydrogen-bond acceptors (Lipinski definition) is 6. The zero-order valence-corrected chi connectivity index (χ0v) is 16.0. The summed E-state index contributed by atoms with van der Waals surface area (Å²) in [6, 6.07) is 6.85. The van der Waals surface area contributed by atoms with Crippen LogP contribution in [0.5, 0.6) is 0 Å². The number of benzene rings is 1. The van der Waals surface area contributed by atoms with Gasteiger partial charge in [-0.1, -0.05) is 12.1 Å². The van der Waals surface area contributed by atoms with Crippen molar-refractivity contribution in [1.29, 1.82) is 0 Å². The topological polar surface area (TPSA) is 84.9 Å². The second kappa shape index (κ2) is 8.04. The van der Waals surface area contributed by atoms with Gasteiger partial charge < -0.3 is 9.47 Å². The minimum Gasteiger partial charge on any atom is -0.469 e. The van der Waals surface area contributed by atoms with Crippen LogP contribution in [0.1, 0.15) is 25.3 Å². The van der Waals surface area contributed by atoms with E-state index < -0.39 is 10.0 Å². The Kier molecular flexibility index (Phi) is 5.96. The average molecular weight is 382 g/mol. The highest BCUT2D eigenvalue weighted by Gasteiger charge is 2.37. The van der Waals surface area contributed by atoms with Crippen LogP contribution in [0, 0.1) is 0 Å². The summed E-state index contributed by atoms with van der Waals surface area (Å²) in [5.74, 6) is -0.278. The van der Waals surface area contributed by atoms with Gasteiger partial charge in [0.25, 0.3) is 0 Å². The molecule has 8 heteroatoms. The molecule has 144 valence electrons. The van der Waals surface area contributed by atoms with Crippen LogP contribution in [0.25, 0.3) is 0 Å². The van der Waals surface area contributed by atoms with Gasteiger partial charge in [-0.2, -0.15) is 0 Å². The van der Waals surface area contributed by atoms with E-state index >= 15 is 0 Å². The van der Waals surface area contributed by atoms with E-state index in [2.05, 4.69) is 14.4 Å². The molecule has 2 fully saturated rings. The molecule has 1 aromatic rings. The van der Waals surface area contributed by atoms with Gasteiger partial charge in [-0.25, -0.2) is 13.1 Å². The molecule has 0 amide bonds. The molecule has 2 aliphatic heterocycles. The van der Waals surface area contributed by atoms with Crippen LogP contribution in [0.3, 0.4) is 0 Å². The van der Waals surface area contributed by atoms with Gasteiger partial charge in [-0.3, -0.25) is 9.69 Å². The molecule has 26 heavy (non-hydrogen) atoms. The Hall–Kier alpha value is -1.48. The third kappa shape index (κ3) is 4.62. The number of carbonyl (C=O) groups is 1. The van der Waals surface area contributed by atoms with Crippen LogP contribution in [0.15, 0.2) is 29.2 Å². The quantitative estimate of drug-likeness (QED) is 0.737. The van der Waals surface area contributed by atoms with Crippen molar-refractivity contribution in [3.05, 3.63) is 29.8 Å². The van der Waals surface area contributed by atoms with Gasteiger partial charge >= 0.3 is 5.97 Å². The minimum atomic E-state index is -3.56.